The van der Waals surface area contributed by atoms with Gasteiger partial charge < -0.3 is 25.3 Å². The molecule has 1 aromatic carbocycles. The maximum atomic E-state index is 13.9. The molecule has 5 rings (SSSR count). The Morgan fingerprint density at radius 2 is 2.14 bits per heavy atom. The summed E-state index contributed by atoms with van der Waals surface area (Å²) in [6, 6.07) is 6.27. The van der Waals surface area contributed by atoms with E-state index in [4.69, 9.17) is 10.5 Å². The molecule has 0 unspecified atom stereocenters. The van der Waals surface area contributed by atoms with E-state index in [0.29, 0.717) is 30.9 Å². The van der Waals surface area contributed by atoms with Gasteiger partial charge in [-0.1, -0.05) is 0 Å². The van der Waals surface area contributed by atoms with Crippen molar-refractivity contribution >= 4 is 28.3 Å². The molecule has 1 amide bonds. The number of pyridine rings is 1. The van der Waals surface area contributed by atoms with Crippen molar-refractivity contribution in [3.63, 3.8) is 0 Å². The summed E-state index contributed by atoms with van der Waals surface area (Å²) in [6.45, 7) is 1.92. The number of halogens is 1. The third-order valence-corrected chi connectivity index (χ3v) is 6.03. The first-order chi connectivity index (χ1) is 14.0. The molecule has 2 fully saturated rings. The van der Waals surface area contributed by atoms with Crippen LogP contribution in [0.15, 0.2) is 36.7 Å². The number of anilines is 2. The van der Waals surface area contributed by atoms with Gasteiger partial charge in [-0.2, -0.15) is 0 Å². The topological polar surface area (TPSA) is 87.5 Å². The van der Waals surface area contributed by atoms with E-state index < -0.39 is 5.82 Å². The van der Waals surface area contributed by atoms with Gasteiger partial charge in [0.15, 0.2) is 5.75 Å². The summed E-state index contributed by atoms with van der Waals surface area (Å²) in [5.41, 5.74) is 7.51. The smallest absolute Gasteiger partial charge is 0.254 e. The Labute approximate surface area is 167 Å². The van der Waals surface area contributed by atoms with Crippen LogP contribution in [0.5, 0.6) is 5.75 Å². The van der Waals surface area contributed by atoms with Crippen LogP contribution < -0.4 is 15.4 Å². The minimum absolute atomic E-state index is 0.0489. The van der Waals surface area contributed by atoms with Crippen molar-refractivity contribution in [1.82, 2.24) is 14.9 Å². The van der Waals surface area contributed by atoms with Gasteiger partial charge in [0.1, 0.15) is 11.5 Å². The Balaban J connectivity index is 1.45. The van der Waals surface area contributed by atoms with Crippen LogP contribution in [-0.2, 0) is 0 Å². The molecule has 3 heterocycles. The lowest BCUT2D eigenvalue weighted by atomic mass is 10.1. The SMILES string of the molecule is COc1cnc2[nH]ccc2c1N1CCN(C(=O)c2ccc(N)c(F)c2)C2(CC2)C1. The van der Waals surface area contributed by atoms with Crippen LogP contribution >= 0.6 is 0 Å². The molecule has 1 aliphatic carbocycles. The van der Waals surface area contributed by atoms with E-state index in [-0.39, 0.29) is 17.1 Å². The summed E-state index contributed by atoms with van der Waals surface area (Å²) in [6.07, 6.45) is 5.44. The number of amides is 1. The van der Waals surface area contributed by atoms with Crippen molar-refractivity contribution in [2.45, 2.75) is 18.4 Å². The van der Waals surface area contributed by atoms with E-state index in [0.717, 1.165) is 29.6 Å². The van der Waals surface area contributed by atoms with Gasteiger partial charge in [-0.15, -0.1) is 0 Å². The average molecular weight is 395 g/mol. The van der Waals surface area contributed by atoms with Crippen LogP contribution in [-0.4, -0.2) is 53.1 Å². The zero-order chi connectivity index (χ0) is 20.2. The quantitative estimate of drug-likeness (QED) is 0.666. The largest absolute Gasteiger partial charge is 0.493 e. The number of methoxy groups -OCH3 is 1. The lowest BCUT2D eigenvalue weighted by Crippen LogP contribution is -2.57. The molecule has 2 aliphatic rings. The molecule has 1 saturated carbocycles. The van der Waals surface area contributed by atoms with Crippen LogP contribution in [0.4, 0.5) is 15.8 Å². The summed E-state index contributed by atoms with van der Waals surface area (Å²) in [5.74, 6) is 0.0125. The van der Waals surface area contributed by atoms with Gasteiger partial charge in [0.25, 0.3) is 5.91 Å². The summed E-state index contributed by atoms with van der Waals surface area (Å²) in [5, 5.41) is 1.00. The van der Waals surface area contributed by atoms with Crippen molar-refractivity contribution < 1.29 is 13.9 Å². The van der Waals surface area contributed by atoms with Crippen molar-refractivity contribution in [2.24, 2.45) is 0 Å². The molecule has 3 aromatic rings. The number of nitrogen functional groups attached to an aromatic ring is 1. The number of benzene rings is 1. The molecule has 0 bridgehead atoms. The second kappa shape index (κ2) is 6.37. The van der Waals surface area contributed by atoms with E-state index in [9.17, 15) is 9.18 Å². The van der Waals surface area contributed by atoms with Gasteiger partial charge in [-0.3, -0.25) is 4.79 Å². The van der Waals surface area contributed by atoms with Crippen molar-refractivity contribution in [3.05, 3.63) is 48.0 Å². The number of ether oxygens (including phenoxy) is 1. The number of nitrogens with two attached hydrogens (primary N) is 1. The molecule has 2 aromatic heterocycles. The lowest BCUT2D eigenvalue weighted by Gasteiger charge is -2.43. The first-order valence-corrected chi connectivity index (χ1v) is 9.64. The van der Waals surface area contributed by atoms with Gasteiger partial charge in [0.05, 0.1) is 30.2 Å². The van der Waals surface area contributed by atoms with E-state index in [1.165, 1.54) is 12.1 Å². The number of hydrogen-bond acceptors (Lipinski definition) is 5. The van der Waals surface area contributed by atoms with E-state index in [1.807, 2.05) is 17.2 Å². The van der Waals surface area contributed by atoms with Crippen LogP contribution in [0.2, 0.25) is 0 Å². The maximum absolute atomic E-state index is 13.9. The molecule has 1 aliphatic heterocycles. The Bertz CT molecular complexity index is 1110. The van der Waals surface area contributed by atoms with Gasteiger partial charge in [0, 0.05) is 36.8 Å². The highest BCUT2D eigenvalue weighted by Gasteiger charge is 2.53. The number of aromatic nitrogens is 2. The summed E-state index contributed by atoms with van der Waals surface area (Å²) in [4.78, 5) is 24.8. The molecule has 150 valence electrons. The predicted molar refractivity (Wildman–Crippen MR) is 109 cm³/mol. The standard InChI is InChI=1S/C21H22FN5O2/c1-29-17-11-25-19-14(4-7-24-19)18(17)26-8-9-27(21(12-26)5-6-21)20(28)13-2-3-16(23)15(22)10-13/h2-4,7,10-11H,5-6,8-9,12,23H2,1H3,(H,24,25). The fourth-order valence-electron chi connectivity index (χ4n) is 4.32. The van der Waals surface area contributed by atoms with Crippen LogP contribution in [0.3, 0.4) is 0 Å². The molecule has 0 radical (unpaired) electrons. The Kier molecular flexibility index (Phi) is 3.90. The minimum Gasteiger partial charge on any atom is -0.493 e. The number of fused-ring (bicyclic) bond motifs is 1. The van der Waals surface area contributed by atoms with Gasteiger partial charge in [0.2, 0.25) is 0 Å². The van der Waals surface area contributed by atoms with Gasteiger partial charge >= 0.3 is 0 Å². The Morgan fingerprint density at radius 1 is 1.31 bits per heavy atom. The maximum Gasteiger partial charge on any atom is 0.254 e. The normalized spacial score (nSPS) is 17.7. The molecule has 1 saturated heterocycles. The summed E-state index contributed by atoms with van der Waals surface area (Å²) in [7, 11) is 1.64. The number of piperazine rings is 1. The van der Waals surface area contributed by atoms with Gasteiger partial charge in [-0.25, -0.2) is 9.37 Å². The minimum atomic E-state index is -0.560. The lowest BCUT2D eigenvalue weighted by molar-refractivity contribution is 0.0624. The molecule has 3 N–H and O–H groups in total. The number of H-pyrrole nitrogens is 1. The highest BCUT2D eigenvalue weighted by Crippen LogP contribution is 2.47. The number of nitrogens with one attached hydrogen (secondary N) is 1. The zero-order valence-electron chi connectivity index (χ0n) is 16.1. The predicted octanol–water partition coefficient (Wildman–Crippen LogP) is 2.79. The third kappa shape index (κ3) is 2.78. The number of rotatable bonds is 3. The molecular weight excluding hydrogens is 373 g/mol. The van der Waals surface area contributed by atoms with Crippen LogP contribution in [0, 0.1) is 5.82 Å². The highest BCUT2D eigenvalue weighted by atomic mass is 19.1. The number of aromatic amines is 1. The van der Waals surface area contributed by atoms with Crippen LogP contribution in [0.25, 0.3) is 11.0 Å². The van der Waals surface area contributed by atoms with Crippen LogP contribution in [0.1, 0.15) is 23.2 Å². The molecule has 8 heteroatoms. The monoisotopic (exact) mass is 395 g/mol. The molecular formula is C21H22FN5O2. The molecule has 29 heavy (non-hydrogen) atoms. The highest BCUT2D eigenvalue weighted by molar-refractivity contribution is 5.96. The number of hydrogen-bond donors (Lipinski definition) is 2. The number of carbonyl (C=O) groups is 1. The molecule has 0 atom stereocenters. The molecule has 1 spiro atoms. The van der Waals surface area contributed by atoms with Crippen molar-refractivity contribution in [3.8, 4) is 5.75 Å². The Hall–Kier alpha value is -3.29. The second-order valence-electron chi connectivity index (χ2n) is 7.75. The third-order valence-electron chi connectivity index (χ3n) is 6.03. The first kappa shape index (κ1) is 17.8. The van der Waals surface area contributed by atoms with E-state index in [1.54, 1.807) is 19.4 Å². The molecule has 7 nitrogen and oxygen atoms in total. The van der Waals surface area contributed by atoms with E-state index >= 15 is 0 Å². The zero-order valence-corrected chi connectivity index (χ0v) is 16.1. The summed E-state index contributed by atoms with van der Waals surface area (Å²) < 4.78 is 19.5. The first-order valence-electron chi connectivity index (χ1n) is 9.64. The second-order valence-corrected chi connectivity index (χ2v) is 7.75. The fraction of sp³-hybridized carbons (Fsp3) is 0.333. The number of nitrogens with zero attached hydrogens (tertiary/aromatic N) is 3. The van der Waals surface area contributed by atoms with Gasteiger partial charge in [-0.05, 0) is 37.1 Å². The summed E-state index contributed by atoms with van der Waals surface area (Å²) >= 11 is 0. The number of carbonyl (C=O) groups excluding carboxylic acids is 1. The Morgan fingerprint density at radius 3 is 2.86 bits per heavy atom. The average Bonchev–Trinajstić information content (AvgIpc) is 3.31. The van der Waals surface area contributed by atoms with Crippen molar-refractivity contribution in [2.75, 3.05) is 37.4 Å². The fourth-order valence-corrected chi connectivity index (χ4v) is 4.32. The van der Waals surface area contributed by atoms with E-state index in [2.05, 4.69) is 14.9 Å². The van der Waals surface area contributed by atoms with Crippen molar-refractivity contribution in [1.29, 1.82) is 0 Å².